The number of nitrogens with one attached hydrogen (secondary N) is 1. The van der Waals surface area contributed by atoms with E-state index >= 15 is 0 Å². The Morgan fingerprint density at radius 1 is 1.60 bits per heavy atom. The van der Waals surface area contributed by atoms with Gasteiger partial charge in [0.05, 0.1) is 11.5 Å². The van der Waals surface area contributed by atoms with Crippen molar-refractivity contribution in [3.05, 3.63) is 17.0 Å². The van der Waals surface area contributed by atoms with E-state index in [2.05, 4.69) is 5.32 Å². The number of hydrogen-bond acceptors (Lipinski definition) is 5. The van der Waals surface area contributed by atoms with Crippen LogP contribution in [0.5, 0.6) is 0 Å². The quantitative estimate of drug-likeness (QED) is 0.855. The molecule has 106 valence electrons. The summed E-state index contributed by atoms with van der Waals surface area (Å²) in [5.74, 6) is -1.24. The normalized spacial score (nSPS) is 18.6. The zero-order chi connectivity index (χ0) is 14.5. The van der Waals surface area contributed by atoms with Gasteiger partial charge in [0, 0.05) is 19.5 Å². The molecular weight excluding hydrogens is 278 g/mol. The van der Waals surface area contributed by atoms with Crippen LogP contribution in [0.15, 0.2) is 11.4 Å². The van der Waals surface area contributed by atoms with Crippen LogP contribution in [0.1, 0.15) is 18.4 Å². The molecule has 2 rings (SSSR count). The van der Waals surface area contributed by atoms with E-state index in [0.29, 0.717) is 43.0 Å². The monoisotopic (exact) mass is 293 g/mol. The van der Waals surface area contributed by atoms with Crippen LogP contribution in [0, 0.1) is 17.2 Å². The lowest BCUT2D eigenvalue weighted by molar-refractivity contribution is -0.141. The van der Waals surface area contributed by atoms with Crippen LogP contribution in [0.2, 0.25) is 0 Å². The first-order chi connectivity index (χ1) is 9.60. The van der Waals surface area contributed by atoms with Gasteiger partial charge in [0.25, 0.3) is 0 Å². The number of nitrogens with zero attached hydrogens (tertiary/aromatic N) is 2. The van der Waals surface area contributed by atoms with Crippen molar-refractivity contribution in [2.75, 3.05) is 25.0 Å². The van der Waals surface area contributed by atoms with Crippen molar-refractivity contribution in [1.29, 1.82) is 5.26 Å². The third kappa shape index (κ3) is 3.56. The van der Waals surface area contributed by atoms with E-state index in [1.54, 1.807) is 11.4 Å². The number of likely N-dealkylation sites (tertiary alicyclic amines) is 1. The summed E-state index contributed by atoms with van der Waals surface area (Å²) >= 11 is 1.32. The van der Waals surface area contributed by atoms with E-state index in [-0.39, 0.29) is 11.8 Å². The highest BCUT2D eigenvalue weighted by Gasteiger charge is 2.27. The molecule has 0 saturated carbocycles. The summed E-state index contributed by atoms with van der Waals surface area (Å²) in [4.78, 5) is 24.6. The molecule has 0 spiro atoms. The third-order valence-electron chi connectivity index (χ3n) is 3.32. The lowest BCUT2D eigenvalue weighted by Gasteiger charge is -2.14. The van der Waals surface area contributed by atoms with Crippen LogP contribution in [-0.2, 0) is 9.59 Å². The average Bonchev–Trinajstić information content (AvgIpc) is 3.04. The Hall–Kier alpha value is -1.91. The van der Waals surface area contributed by atoms with Crippen LogP contribution in [0.25, 0.3) is 0 Å². The van der Waals surface area contributed by atoms with Gasteiger partial charge in [0.2, 0.25) is 5.91 Å². The Balaban J connectivity index is 1.76. The van der Waals surface area contributed by atoms with Crippen molar-refractivity contribution in [2.45, 2.75) is 12.8 Å². The van der Waals surface area contributed by atoms with E-state index in [1.807, 2.05) is 11.0 Å². The molecule has 2 N–H and O–H groups in total. The maximum Gasteiger partial charge on any atom is 0.307 e. The van der Waals surface area contributed by atoms with E-state index in [0.717, 1.165) is 0 Å². The number of rotatable bonds is 5. The molecule has 1 aromatic heterocycles. The molecule has 1 unspecified atom stereocenters. The van der Waals surface area contributed by atoms with Crippen molar-refractivity contribution >= 4 is 28.2 Å². The Morgan fingerprint density at radius 3 is 3.05 bits per heavy atom. The summed E-state index contributed by atoms with van der Waals surface area (Å²) in [6, 6.07) is 3.68. The first kappa shape index (κ1) is 14.5. The molecule has 0 radical (unpaired) electrons. The van der Waals surface area contributed by atoms with Gasteiger partial charge in [-0.2, -0.15) is 5.26 Å². The number of carbonyl (C=O) groups excluding carboxylic acids is 1. The zero-order valence-corrected chi connectivity index (χ0v) is 11.7. The Kier molecular flexibility index (Phi) is 4.71. The minimum Gasteiger partial charge on any atom is -0.481 e. The molecule has 1 aliphatic rings. The number of carboxylic acids is 1. The molecule has 1 aromatic rings. The summed E-state index contributed by atoms with van der Waals surface area (Å²) < 4.78 is 0. The molecule has 1 saturated heterocycles. The van der Waals surface area contributed by atoms with Crippen molar-refractivity contribution < 1.29 is 14.7 Å². The number of aliphatic carboxylic acids is 1. The largest absolute Gasteiger partial charge is 0.481 e. The molecule has 1 atom stereocenters. The summed E-state index contributed by atoms with van der Waals surface area (Å²) in [6.07, 6.45) is 0.940. The van der Waals surface area contributed by atoms with E-state index in [4.69, 9.17) is 10.4 Å². The molecule has 0 aliphatic carbocycles. The third-order valence-corrected chi connectivity index (χ3v) is 4.15. The van der Waals surface area contributed by atoms with Crippen LogP contribution >= 0.6 is 11.3 Å². The minimum atomic E-state index is -0.769. The first-order valence-electron chi connectivity index (χ1n) is 6.32. The van der Waals surface area contributed by atoms with Crippen molar-refractivity contribution in [3.8, 4) is 6.07 Å². The molecular formula is C13H15N3O3S. The maximum absolute atomic E-state index is 11.8. The van der Waals surface area contributed by atoms with Crippen LogP contribution in [0.3, 0.4) is 0 Å². The van der Waals surface area contributed by atoms with Gasteiger partial charge in [-0.15, -0.1) is 11.3 Å². The smallest absolute Gasteiger partial charge is 0.307 e. The van der Waals surface area contributed by atoms with E-state index in [9.17, 15) is 9.59 Å². The maximum atomic E-state index is 11.8. The summed E-state index contributed by atoms with van der Waals surface area (Å²) in [5, 5.41) is 22.8. The first-order valence-corrected chi connectivity index (χ1v) is 7.20. The van der Waals surface area contributed by atoms with Crippen LogP contribution in [0.4, 0.5) is 5.00 Å². The molecule has 2 heterocycles. The topological polar surface area (TPSA) is 93.4 Å². The Bertz CT molecular complexity index is 549. The number of nitriles is 1. The summed E-state index contributed by atoms with van der Waals surface area (Å²) in [6.45, 7) is 1.76. The lowest BCUT2D eigenvalue weighted by atomic mass is 10.1. The van der Waals surface area contributed by atoms with Crippen LogP contribution in [-0.4, -0.2) is 41.5 Å². The fraction of sp³-hybridized carbons (Fsp3) is 0.462. The van der Waals surface area contributed by atoms with Gasteiger partial charge in [0.15, 0.2) is 0 Å². The number of thiophene rings is 1. The van der Waals surface area contributed by atoms with Crippen molar-refractivity contribution in [2.24, 2.45) is 5.92 Å². The number of carboxylic acid groups (broad SMARTS) is 1. The second kappa shape index (κ2) is 6.50. The molecule has 1 fully saturated rings. The van der Waals surface area contributed by atoms with E-state index < -0.39 is 5.97 Å². The Morgan fingerprint density at radius 2 is 2.40 bits per heavy atom. The second-order valence-corrected chi connectivity index (χ2v) is 5.61. The lowest BCUT2D eigenvalue weighted by Crippen LogP contribution is -2.27. The van der Waals surface area contributed by atoms with Gasteiger partial charge in [-0.05, 0) is 24.4 Å². The molecule has 0 bridgehead atoms. The predicted molar refractivity (Wildman–Crippen MR) is 74.5 cm³/mol. The number of amides is 1. The van der Waals surface area contributed by atoms with Gasteiger partial charge >= 0.3 is 5.97 Å². The molecule has 1 amide bonds. The zero-order valence-electron chi connectivity index (χ0n) is 10.8. The highest BCUT2D eigenvalue weighted by atomic mass is 32.1. The summed E-state index contributed by atoms with van der Waals surface area (Å²) in [5.41, 5.74) is 0.468. The summed E-state index contributed by atoms with van der Waals surface area (Å²) in [7, 11) is 0. The van der Waals surface area contributed by atoms with Crippen molar-refractivity contribution in [3.63, 3.8) is 0 Å². The van der Waals surface area contributed by atoms with Gasteiger partial charge in [0.1, 0.15) is 11.1 Å². The average molecular weight is 293 g/mol. The van der Waals surface area contributed by atoms with Crippen LogP contribution < -0.4 is 5.32 Å². The highest BCUT2D eigenvalue weighted by Crippen LogP contribution is 2.22. The molecule has 1 aliphatic heterocycles. The SMILES string of the molecule is N#Cc1ccsc1NC(=O)CCN1CCC(C(=O)O)C1. The van der Waals surface area contributed by atoms with Gasteiger partial charge in [-0.25, -0.2) is 0 Å². The van der Waals surface area contributed by atoms with Gasteiger partial charge < -0.3 is 15.3 Å². The van der Waals surface area contributed by atoms with E-state index in [1.165, 1.54) is 11.3 Å². The van der Waals surface area contributed by atoms with Gasteiger partial charge in [-0.1, -0.05) is 0 Å². The number of hydrogen-bond donors (Lipinski definition) is 2. The second-order valence-electron chi connectivity index (χ2n) is 4.70. The predicted octanol–water partition coefficient (Wildman–Crippen LogP) is 1.35. The fourth-order valence-corrected chi connectivity index (χ4v) is 2.93. The molecule has 6 nitrogen and oxygen atoms in total. The van der Waals surface area contributed by atoms with Gasteiger partial charge in [-0.3, -0.25) is 9.59 Å². The molecule has 7 heteroatoms. The minimum absolute atomic E-state index is 0.150. The van der Waals surface area contributed by atoms with Crippen molar-refractivity contribution in [1.82, 2.24) is 4.90 Å². The molecule has 20 heavy (non-hydrogen) atoms. The number of anilines is 1. The Labute approximate surface area is 120 Å². The molecule has 0 aromatic carbocycles. The highest BCUT2D eigenvalue weighted by molar-refractivity contribution is 7.14. The standard InChI is InChI=1S/C13H15N3O3S/c14-7-9-3-6-20-12(9)15-11(17)2-5-16-4-1-10(8-16)13(18)19/h3,6,10H,1-2,4-5,8H2,(H,15,17)(H,18,19). The number of carbonyl (C=O) groups is 2. The fourth-order valence-electron chi connectivity index (χ4n) is 2.18.